The number of esters is 1. The molecule has 1 heterocycles. The Labute approximate surface area is 244 Å². The Morgan fingerprint density at radius 1 is 1.02 bits per heavy atom. The molecule has 0 aromatic heterocycles. The average molecular weight is 596 g/mol. The van der Waals surface area contributed by atoms with Crippen molar-refractivity contribution in [1.29, 1.82) is 0 Å². The van der Waals surface area contributed by atoms with E-state index in [1.165, 1.54) is 7.11 Å². The second-order valence-electron chi connectivity index (χ2n) is 10.6. The van der Waals surface area contributed by atoms with Crippen LogP contribution in [0.15, 0.2) is 30.3 Å². The van der Waals surface area contributed by atoms with Gasteiger partial charge in [0.05, 0.1) is 13.7 Å². The molecule has 41 heavy (non-hydrogen) atoms. The summed E-state index contributed by atoms with van der Waals surface area (Å²) in [6, 6.07) is 8.21. The van der Waals surface area contributed by atoms with Crippen LogP contribution in [0.25, 0.3) is 0 Å². The summed E-state index contributed by atoms with van der Waals surface area (Å²) in [7, 11) is 1.19. The summed E-state index contributed by atoms with van der Waals surface area (Å²) in [6.07, 6.45) is -0.886. The lowest BCUT2D eigenvalue weighted by Gasteiger charge is -2.44. The monoisotopic (exact) mass is 595 g/mol. The van der Waals surface area contributed by atoms with Gasteiger partial charge >= 0.3 is 12.1 Å². The number of carbonyl (C=O) groups excluding carboxylic acids is 5. The Balaban J connectivity index is 1.67. The first-order chi connectivity index (χ1) is 19.3. The van der Waals surface area contributed by atoms with Crippen molar-refractivity contribution in [2.24, 2.45) is 5.41 Å². The lowest BCUT2D eigenvalue weighted by atomic mass is 9.85. The quantitative estimate of drug-likeness (QED) is 0.215. The molecule has 228 valence electrons. The lowest BCUT2D eigenvalue weighted by molar-refractivity contribution is -0.304. The van der Waals surface area contributed by atoms with E-state index in [0.717, 1.165) is 17.3 Å². The largest absolute Gasteiger partial charge is 0.467 e. The van der Waals surface area contributed by atoms with Crippen molar-refractivity contribution in [2.75, 3.05) is 32.6 Å². The van der Waals surface area contributed by atoms with Crippen LogP contribution in [-0.4, -0.2) is 79.5 Å². The molecule has 0 unspecified atom stereocenters. The Morgan fingerprint density at radius 2 is 1.73 bits per heavy atom. The zero-order valence-electron chi connectivity index (χ0n) is 24.3. The molecule has 12 nitrogen and oxygen atoms in total. The molecule has 1 aliphatic rings. The molecule has 1 fully saturated rings. The maximum absolute atomic E-state index is 12.7. The van der Waals surface area contributed by atoms with E-state index < -0.39 is 41.3 Å². The highest BCUT2D eigenvalue weighted by molar-refractivity contribution is 8.13. The van der Waals surface area contributed by atoms with Gasteiger partial charge in [0.2, 0.25) is 11.8 Å². The Kier molecular flexibility index (Phi) is 13.6. The smallest absolute Gasteiger partial charge is 0.407 e. The number of carbonyl (C=O) groups is 5. The average Bonchev–Trinajstić information content (AvgIpc) is 2.93. The van der Waals surface area contributed by atoms with Crippen LogP contribution in [0.1, 0.15) is 52.5 Å². The highest BCUT2D eigenvalue weighted by Crippen LogP contribution is 2.34. The zero-order chi connectivity index (χ0) is 30.5. The number of alkyl carbamates (subject to hydrolysis) is 1. The van der Waals surface area contributed by atoms with Crippen molar-refractivity contribution < 1.29 is 42.9 Å². The number of thioether (sulfide) groups is 1. The second kappa shape index (κ2) is 16.3. The molecule has 1 aliphatic heterocycles. The minimum absolute atomic E-state index is 0.0185. The fourth-order valence-corrected chi connectivity index (χ4v) is 4.60. The van der Waals surface area contributed by atoms with Gasteiger partial charge in [-0.3, -0.25) is 14.4 Å². The van der Waals surface area contributed by atoms with Crippen LogP contribution in [0.4, 0.5) is 4.79 Å². The van der Waals surface area contributed by atoms with Crippen LogP contribution in [-0.2, 0) is 44.7 Å². The molecule has 3 amide bonds. The van der Waals surface area contributed by atoms with Crippen molar-refractivity contribution in [1.82, 2.24) is 16.0 Å². The molecule has 0 radical (unpaired) electrons. The highest BCUT2D eigenvalue weighted by atomic mass is 32.2. The molecule has 2 rings (SSSR count). The summed E-state index contributed by atoms with van der Waals surface area (Å²) in [5.41, 5.74) is 0.313. The molecular weight excluding hydrogens is 554 g/mol. The van der Waals surface area contributed by atoms with Gasteiger partial charge in [0.1, 0.15) is 18.8 Å². The summed E-state index contributed by atoms with van der Waals surface area (Å²) >= 11 is 0.887. The zero-order valence-corrected chi connectivity index (χ0v) is 25.1. The second-order valence-corrected chi connectivity index (χ2v) is 11.7. The summed E-state index contributed by atoms with van der Waals surface area (Å²) in [6.45, 7) is 7.94. The predicted molar refractivity (Wildman–Crippen MR) is 152 cm³/mol. The molecule has 2 atom stereocenters. The third-order valence-corrected chi connectivity index (χ3v) is 7.09. The van der Waals surface area contributed by atoms with Crippen molar-refractivity contribution in [3.05, 3.63) is 35.9 Å². The minimum Gasteiger partial charge on any atom is -0.467 e. The highest BCUT2D eigenvalue weighted by Gasteiger charge is 2.45. The maximum atomic E-state index is 12.7. The van der Waals surface area contributed by atoms with Gasteiger partial charge in [0, 0.05) is 37.1 Å². The van der Waals surface area contributed by atoms with Crippen molar-refractivity contribution in [3.63, 3.8) is 0 Å². The first-order valence-electron chi connectivity index (χ1n) is 13.4. The van der Waals surface area contributed by atoms with Crippen LogP contribution >= 0.6 is 11.8 Å². The molecular formula is C28H41N3O9S. The van der Waals surface area contributed by atoms with E-state index in [9.17, 15) is 24.0 Å². The number of rotatable bonds is 14. The van der Waals surface area contributed by atoms with Gasteiger partial charge in [-0.1, -0.05) is 55.9 Å². The fourth-order valence-electron chi connectivity index (χ4n) is 3.74. The van der Waals surface area contributed by atoms with E-state index >= 15 is 0 Å². The first kappa shape index (κ1) is 34.0. The van der Waals surface area contributed by atoms with E-state index in [1.807, 2.05) is 44.2 Å². The number of hydrogen-bond acceptors (Lipinski definition) is 10. The van der Waals surface area contributed by atoms with E-state index in [-0.39, 0.29) is 49.3 Å². The number of benzene rings is 1. The van der Waals surface area contributed by atoms with Crippen LogP contribution in [0, 0.1) is 5.41 Å². The molecule has 0 bridgehead atoms. The van der Waals surface area contributed by atoms with E-state index in [4.69, 9.17) is 18.9 Å². The summed E-state index contributed by atoms with van der Waals surface area (Å²) in [4.78, 5) is 61.4. The van der Waals surface area contributed by atoms with Gasteiger partial charge in [0.15, 0.2) is 10.9 Å². The standard InChI is InChI=1S/C28H41N3O9S/c1-27(2)18-39-28(3,4)40-23(27)24(34)29-15-13-21(32)31-20(25(35)37-5)17-41-22(33)12-9-14-30-26(36)38-16-19-10-7-6-8-11-19/h6-8,10-11,20,23H,9,12-18H2,1-5H3,(H,29,34)(H,30,36)(H,31,32)/t20-,23-/m0/s1. The number of amides is 3. The van der Waals surface area contributed by atoms with Gasteiger partial charge in [-0.15, -0.1) is 0 Å². The molecule has 1 aromatic carbocycles. The fraction of sp³-hybridized carbons (Fsp3) is 0.607. The van der Waals surface area contributed by atoms with Crippen LogP contribution in [0.2, 0.25) is 0 Å². The van der Waals surface area contributed by atoms with Gasteiger partial charge in [0.25, 0.3) is 0 Å². The molecule has 13 heteroatoms. The Hall–Kier alpha value is -3.16. The number of methoxy groups -OCH3 is 1. The summed E-state index contributed by atoms with van der Waals surface area (Å²) in [5, 5.41) is 7.63. The van der Waals surface area contributed by atoms with Gasteiger partial charge in [-0.05, 0) is 25.8 Å². The van der Waals surface area contributed by atoms with Gasteiger partial charge in [-0.25, -0.2) is 9.59 Å². The van der Waals surface area contributed by atoms with E-state index in [2.05, 4.69) is 16.0 Å². The van der Waals surface area contributed by atoms with Crippen molar-refractivity contribution >= 4 is 40.8 Å². The van der Waals surface area contributed by atoms with Gasteiger partial charge < -0.3 is 34.9 Å². The van der Waals surface area contributed by atoms with Crippen LogP contribution in [0.5, 0.6) is 0 Å². The maximum Gasteiger partial charge on any atom is 0.407 e. The molecule has 0 spiro atoms. The lowest BCUT2D eigenvalue weighted by Crippen LogP contribution is -2.56. The summed E-state index contributed by atoms with van der Waals surface area (Å²) in [5.74, 6) is -2.45. The molecule has 0 aliphatic carbocycles. The first-order valence-corrected chi connectivity index (χ1v) is 14.4. The molecule has 1 saturated heterocycles. The Bertz CT molecular complexity index is 1050. The molecule has 3 N–H and O–H groups in total. The van der Waals surface area contributed by atoms with Crippen LogP contribution < -0.4 is 16.0 Å². The van der Waals surface area contributed by atoms with Crippen LogP contribution in [0.3, 0.4) is 0 Å². The van der Waals surface area contributed by atoms with Crippen molar-refractivity contribution in [2.45, 2.75) is 71.5 Å². The van der Waals surface area contributed by atoms with Crippen molar-refractivity contribution in [3.8, 4) is 0 Å². The topological polar surface area (TPSA) is 158 Å². The summed E-state index contributed by atoms with van der Waals surface area (Å²) < 4.78 is 21.3. The predicted octanol–water partition coefficient (Wildman–Crippen LogP) is 2.29. The van der Waals surface area contributed by atoms with E-state index in [0.29, 0.717) is 13.0 Å². The minimum atomic E-state index is -1.04. The SMILES string of the molecule is COC(=O)[C@H](CSC(=O)CCCNC(=O)OCc1ccccc1)NC(=O)CCNC(=O)[C@@H]1OC(C)(C)OCC1(C)C. The third-order valence-electron chi connectivity index (χ3n) is 6.06. The Morgan fingerprint density at radius 3 is 2.41 bits per heavy atom. The third kappa shape index (κ3) is 12.5. The van der Waals surface area contributed by atoms with E-state index in [1.54, 1.807) is 13.8 Å². The molecule has 0 saturated carbocycles. The molecule has 1 aromatic rings. The number of nitrogens with one attached hydrogen (secondary N) is 3. The number of ether oxygens (including phenoxy) is 4. The number of hydrogen-bond donors (Lipinski definition) is 3. The van der Waals surface area contributed by atoms with Gasteiger partial charge in [-0.2, -0.15) is 0 Å². The normalized spacial score (nSPS) is 17.9.